The SMILES string of the molecule is CCCC(N)C(=O)N(C)C1CCN(CCc2ccccn2)CC1.Cl.Cl. The van der Waals surface area contributed by atoms with Gasteiger partial charge >= 0.3 is 0 Å². The highest BCUT2D eigenvalue weighted by Crippen LogP contribution is 2.17. The van der Waals surface area contributed by atoms with Crippen LogP contribution in [0.15, 0.2) is 24.4 Å². The van der Waals surface area contributed by atoms with Crippen LogP contribution in [0.1, 0.15) is 38.3 Å². The highest BCUT2D eigenvalue weighted by molar-refractivity contribution is 5.85. The van der Waals surface area contributed by atoms with Gasteiger partial charge in [0.1, 0.15) is 0 Å². The first-order valence-corrected chi connectivity index (χ1v) is 8.76. The number of nitrogens with zero attached hydrogens (tertiary/aromatic N) is 3. The largest absolute Gasteiger partial charge is 0.341 e. The van der Waals surface area contributed by atoms with Gasteiger partial charge in [0.05, 0.1) is 6.04 Å². The minimum atomic E-state index is -0.341. The molecule has 25 heavy (non-hydrogen) atoms. The third-order valence-electron chi connectivity index (χ3n) is 4.78. The highest BCUT2D eigenvalue weighted by Gasteiger charge is 2.27. The van der Waals surface area contributed by atoms with Gasteiger partial charge in [-0.25, -0.2) is 0 Å². The first kappa shape index (κ1) is 24.1. The fourth-order valence-corrected chi connectivity index (χ4v) is 3.22. The van der Waals surface area contributed by atoms with Crippen LogP contribution in [-0.4, -0.2) is 59.5 Å². The average molecular weight is 391 g/mol. The van der Waals surface area contributed by atoms with Crippen LogP contribution in [0.2, 0.25) is 0 Å². The van der Waals surface area contributed by atoms with E-state index in [0.29, 0.717) is 6.04 Å². The number of carbonyl (C=O) groups excluding carboxylic acids is 1. The standard InChI is InChI=1S/C18H30N4O.2ClH/c1-3-6-17(19)18(23)21(2)16-9-13-22(14-10-16)12-8-15-7-4-5-11-20-15;;/h4-5,7,11,16-17H,3,6,8-10,12-14,19H2,1-2H3;2*1H. The lowest BCUT2D eigenvalue weighted by molar-refractivity contribution is -0.134. The molecule has 0 bridgehead atoms. The zero-order valence-corrected chi connectivity index (χ0v) is 16.9. The van der Waals surface area contributed by atoms with E-state index in [1.807, 2.05) is 30.3 Å². The summed E-state index contributed by atoms with van der Waals surface area (Å²) in [4.78, 5) is 21.0. The molecule has 0 spiro atoms. The van der Waals surface area contributed by atoms with Crippen LogP contribution in [0.3, 0.4) is 0 Å². The third-order valence-corrected chi connectivity index (χ3v) is 4.78. The Morgan fingerprint density at radius 2 is 2.04 bits per heavy atom. The first-order chi connectivity index (χ1) is 11.1. The molecule has 0 aromatic carbocycles. The van der Waals surface area contributed by atoms with Crippen LogP contribution in [0.25, 0.3) is 0 Å². The summed E-state index contributed by atoms with van der Waals surface area (Å²) in [6.45, 7) is 5.18. The van der Waals surface area contributed by atoms with Gasteiger partial charge in [-0.1, -0.05) is 19.4 Å². The Morgan fingerprint density at radius 1 is 1.36 bits per heavy atom. The number of halogens is 2. The number of carbonyl (C=O) groups is 1. The van der Waals surface area contributed by atoms with Crippen molar-refractivity contribution in [3.8, 4) is 0 Å². The molecule has 1 fully saturated rings. The predicted molar refractivity (Wildman–Crippen MR) is 108 cm³/mol. The molecule has 5 nitrogen and oxygen atoms in total. The van der Waals surface area contributed by atoms with Crippen LogP contribution < -0.4 is 5.73 Å². The van der Waals surface area contributed by atoms with Crippen LogP contribution in [0, 0.1) is 0 Å². The molecule has 1 aliphatic heterocycles. The molecule has 7 heteroatoms. The highest BCUT2D eigenvalue weighted by atomic mass is 35.5. The molecule has 2 rings (SSSR count). The summed E-state index contributed by atoms with van der Waals surface area (Å²) >= 11 is 0. The van der Waals surface area contributed by atoms with E-state index in [2.05, 4.69) is 22.9 Å². The maximum absolute atomic E-state index is 12.3. The van der Waals surface area contributed by atoms with Crippen molar-refractivity contribution < 1.29 is 4.79 Å². The van der Waals surface area contributed by atoms with Crippen molar-refractivity contribution in [2.45, 2.75) is 51.1 Å². The molecule has 2 N–H and O–H groups in total. The number of nitrogens with two attached hydrogens (primary N) is 1. The smallest absolute Gasteiger partial charge is 0.239 e. The molecule has 1 saturated heterocycles. The maximum atomic E-state index is 12.3. The van der Waals surface area contributed by atoms with Gasteiger partial charge in [-0.05, 0) is 31.4 Å². The second kappa shape index (κ2) is 12.5. The number of pyridine rings is 1. The quantitative estimate of drug-likeness (QED) is 0.776. The van der Waals surface area contributed by atoms with Gasteiger partial charge in [-0.3, -0.25) is 9.78 Å². The summed E-state index contributed by atoms with van der Waals surface area (Å²) in [7, 11) is 1.91. The predicted octanol–water partition coefficient (Wildman–Crippen LogP) is 2.52. The van der Waals surface area contributed by atoms with E-state index in [4.69, 9.17) is 5.73 Å². The maximum Gasteiger partial charge on any atom is 0.239 e. The van der Waals surface area contributed by atoms with Crippen molar-refractivity contribution in [2.24, 2.45) is 5.73 Å². The number of likely N-dealkylation sites (tertiary alicyclic amines) is 1. The molecule has 0 aliphatic carbocycles. The van der Waals surface area contributed by atoms with Gasteiger partial charge in [0, 0.05) is 51.0 Å². The Morgan fingerprint density at radius 3 is 2.60 bits per heavy atom. The topological polar surface area (TPSA) is 62.5 Å². The molecule has 1 aromatic heterocycles. The number of hydrogen-bond acceptors (Lipinski definition) is 4. The number of rotatable bonds is 7. The average Bonchev–Trinajstić information content (AvgIpc) is 2.60. The van der Waals surface area contributed by atoms with Crippen LogP contribution in [0.4, 0.5) is 0 Å². The summed E-state index contributed by atoms with van der Waals surface area (Å²) in [5.41, 5.74) is 7.11. The number of aromatic nitrogens is 1. The number of likely N-dealkylation sites (N-methyl/N-ethyl adjacent to an activating group) is 1. The molecule has 0 radical (unpaired) electrons. The molecule has 144 valence electrons. The third kappa shape index (κ3) is 7.48. The lowest BCUT2D eigenvalue weighted by Gasteiger charge is -2.37. The fourth-order valence-electron chi connectivity index (χ4n) is 3.22. The van der Waals surface area contributed by atoms with E-state index in [9.17, 15) is 4.79 Å². The minimum absolute atomic E-state index is 0. The summed E-state index contributed by atoms with van der Waals surface area (Å²) in [5.74, 6) is 0.0961. The van der Waals surface area contributed by atoms with Crippen LogP contribution in [0.5, 0.6) is 0 Å². The normalized spacial score (nSPS) is 16.4. The number of piperidine rings is 1. The van der Waals surface area contributed by atoms with Crippen LogP contribution >= 0.6 is 24.8 Å². The molecule has 0 saturated carbocycles. The van der Waals surface area contributed by atoms with E-state index in [1.165, 1.54) is 0 Å². The monoisotopic (exact) mass is 390 g/mol. The Balaban J connectivity index is 0.00000288. The molecule has 1 amide bonds. The zero-order valence-electron chi connectivity index (χ0n) is 15.3. The van der Waals surface area contributed by atoms with Crippen molar-refractivity contribution in [2.75, 3.05) is 26.7 Å². The van der Waals surface area contributed by atoms with Gasteiger partial charge in [-0.15, -0.1) is 24.8 Å². The van der Waals surface area contributed by atoms with Gasteiger partial charge < -0.3 is 15.5 Å². The van der Waals surface area contributed by atoms with Gasteiger partial charge in [0.2, 0.25) is 5.91 Å². The summed E-state index contributed by atoms with van der Waals surface area (Å²) < 4.78 is 0. The molecule has 1 aliphatic rings. The van der Waals surface area contributed by atoms with Crippen molar-refractivity contribution in [3.05, 3.63) is 30.1 Å². The van der Waals surface area contributed by atoms with Crippen molar-refractivity contribution in [3.63, 3.8) is 0 Å². The number of hydrogen-bond donors (Lipinski definition) is 1. The van der Waals surface area contributed by atoms with Crippen molar-refractivity contribution in [1.29, 1.82) is 0 Å². The first-order valence-electron chi connectivity index (χ1n) is 8.76. The van der Waals surface area contributed by atoms with E-state index in [1.54, 1.807) is 0 Å². The van der Waals surface area contributed by atoms with E-state index >= 15 is 0 Å². The number of amides is 1. The lowest BCUT2D eigenvalue weighted by atomic mass is 10.0. The van der Waals surface area contributed by atoms with Gasteiger partial charge in [0.25, 0.3) is 0 Å². The molecule has 1 atom stereocenters. The fraction of sp³-hybridized carbons (Fsp3) is 0.667. The molecule has 1 unspecified atom stereocenters. The minimum Gasteiger partial charge on any atom is -0.341 e. The summed E-state index contributed by atoms with van der Waals surface area (Å²) in [6, 6.07) is 6.05. The van der Waals surface area contributed by atoms with Crippen molar-refractivity contribution >= 4 is 30.7 Å². The Bertz CT molecular complexity index is 481. The van der Waals surface area contributed by atoms with E-state index < -0.39 is 0 Å². The van der Waals surface area contributed by atoms with E-state index in [-0.39, 0.29) is 36.8 Å². The summed E-state index contributed by atoms with van der Waals surface area (Å²) in [6.07, 6.45) is 6.62. The Kier molecular flexibility index (Phi) is 12.0. The van der Waals surface area contributed by atoms with Gasteiger partial charge in [-0.2, -0.15) is 0 Å². The van der Waals surface area contributed by atoms with Gasteiger partial charge in [0.15, 0.2) is 0 Å². The summed E-state index contributed by atoms with van der Waals surface area (Å²) in [5, 5.41) is 0. The molecule has 2 heterocycles. The van der Waals surface area contributed by atoms with Crippen LogP contribution in [-0.2, 0) is 11.2 Å². The molecular weight excluding hydrogens is 359 g/mol. The molecular formula is C18H32Cl2N4O. The molecule has 1 aromatic rings. The second-order valence-corrected chi connectivity index (χ2v) is 6.49. The lowest BCUT2D eigenvalue weighted by Crippen LogP contribution is -2.50. The zero-order chi connectivity index (χ0) is 16.7. The Hall–Kier alpha value is -0.880. The van der Waals surface area contributed by atoms with E-state index in [0.717, 1.165) is 57.4 Å². The Labute approximate surface area is 164 Å². The van der Waals surface area contributed by atoms with Crippen molar-refractivity contribution in [1.82, 2.24) is 14.8 Å². The second-order valence-electron chi connectivity index (χ2n) is 6.49.